The summed E-state index contributed by atoms with van der Waals surface area (Å²) in [7, 11) is 21.2. The van der Waals surface area contributed by atoms with Crippen LogP contribution in [-0.4, -0.2) is 135 Å². The highest BCUT2D eigenvalue weighted by Gasteiger charge is 2.03. The highest BCUT2D eigenvalue weighted by atomic mass is 31.2. The molecule has 11 heteroatoms. The number of nitrogens with zero attached hydrogens (tertiary/aromatic N) is 4. The Kier molecular flexibility index (Phi) is 34.7. The number of carboxylic acid groups (broad SMARTS) is 1. The molecule has 0 N–H and O–H groups in total. The Labute approximate surface area is 237 Å². The molecule has 0 heterocycles. The van der Waals surface area contributed by atoms with E-state index in [1.54, 1.807) is 0 Å². The Morgan fingerprint density at radius 3 is 0.684 bits per heavy atom. The van der Waals surface area contributed by atoms with Crippen LogP contribution in [0, 0.1) is 0 Å². The molecule has 0 saturated heterocycles. The summed E-state index contributed by atoms with van der Waals surface area (Å²) in [6.45, 7) is 16.9. The van der Waals surface area contributed by atoms with Crippen molar-refractivity contribution in [1.29, 1.82) is 0 Å². The molecule has 0 amide bonds. The molecular formula is C27H67N4O6P. The van der Waals surface area contributed by atoms with Crippen molar-refractivity contribution >= 4 is 13.8 Å². The third-order valence-electron chi connectivity index (χ3n) is 3.74. The second kappa shape index (κ2) is 26.4. The lowest BCUT2D eigenvalue weighted by Crippen LogP contribution is -2.34. The Bertz CT molecular complexity index is 498. The minimum absolute atomic E-state index is 0.722. The van der Waals surface area contributed by atoms with Gasteiger partial charge in [-0.25, -0.2) is 0 Å². The largest absolute Gasteiger partial charge is 0.822 e. The second-order valence-electron chi connectivity index (χ2n) is 13.0. The number of carboxylic acids is 1. The van der Waals surface area contributed by atoms with E-state index in [4.69, 9.17) is 29.1 Å². The summed E-state index contributed by atoms with van der Waals surface area (Å²) in [5.41, 5.74) is 0. The molecule has 0 spiro atoms. The summed E-state index contributed by atoms with van der Waals surface area (Å²) in [6.07, 6.45) is 5.85. The van der Waals surface area contributed by atoms with Crippen molar-refractivity contribution in [1.82, 2.24) is 0 Å². The molecule has 0 bridgehead atoms. The van der Waals surface area contributed by atoms with Gasteiger partial charge in [0, 0.05) is 0 Å². The van der Waals surface area contributed by atoms with E-state index >= 15 is 0 Å². The molecule has 0 unspecified atom stereocenters. The number of hydrogen-bond acceptors (Lipinski definition) is 6. The molecular weight excluding hydrogens is 507 g/mol. The molecule has 0 rings (SSSR count). The van der Waals surface area contributed by atoms with E-state index in [1.165, 1.54) is 51.9 Å². The van der Waals surface area contributed by atoms with Gasteiger partial charge >= 0.3 is 0 Å². The Morgan fingerprint density at radius 2 is 0.684 bits per heavy atom. The van der Waals surface area contributed by atoms with Gasteiger partial charge in [0.05, 0.1) is 117 Å². The quantitative estimate of drug-likeness (QED) is 0.224. The normalized spacial score (nSPS) is 11.2. The van der Waals surface area contributed by atoms with Crippen LogP contribution in [0.15, 0.2) is 12.7 Å². The molecule has 0 saturated carbocycles. The first kappa shape index (κ1) is 50.0. The van der Waals surface area contributed by atoms with Gasteiger partial charge in [-0.2, -0.15) is 7.82 Å². The van der Waals surface area contributed by atoms with Crippen molar-refractivity contribution < 1.29 is 47.1 Å². The van der Waals surface area contributed by atoms with Gasteiger partial charge in [-0.05, 0) is 31.8 Å². The predicted molar refractivity (Wildman–Crippen MR) is 156 cm³/mol. The van der Waals surface area contributed by atoms with Gasteiger partial charge in [0.2, 0.25) is 0 Å². The van der Waals surface area contributed by atoms with Gasteiger partial charge < -0.3 is 47.1 Å². The summed E-state index contributed by atoms with van der Waals surface area (Å²) < 4.78 is 12.9. The van der Waals surface area contributed by atoms with E-state index in [1.807, 2.05) is 0 Å². The van der Waals surface area contributed by atoms with E-state index in [-0.39, 0.29) is 0 Å². The first-order valence-electron chi connectivity index (χ1n) is 13.3. The van der Waals surface area contributed by atoms with Crippen LogP contribution in [0.5, 0.6) is 0 Å². The summed E-state index contributed by atoms with van der Waals surface area (Å²) in [5, 5.41) is 9.14. The van der Waals surface area contributed by atoms with Crippen LogP contribution in [0.25, 0.3) is 0 Å². The maximum atomic E-state index is 9.14. The lowest BCUT2D eigenvalue weighted by atomic mass is 10.4. The monoisotopic (exact) mass is 574 g/mol. The van der Waals surface area contributed by atoms with Crippen molar-refractivity contribution in [3.63, 3.8) is 0 Å². The Balaban J connectivity index is -0.0000000813. The van der Waals surface area contributed by atoms with Crippen LogP contribution in [0.4, 0.5) is 0 Å². The highest BCUT2D eigenvalue weighted by molar-refractivity contribution is 7.40. The molecule has 0 aromatic carbocycles. The molecule has 0 atom stereocenters. The Morgan fingerprint density at radius 1 is 0.579 bits per heavy atom. The lowest BCUT2D eigenvalue weighted by Gasteiger charge is -2.36. The molecule has 236 valence electrons. The van der Waals surface area contributed by atoms with Gasteiger partial charge in [-0.3, -0.25) is 0 Å². The summed E-state index contributed by atoms with van der Waals surface area (Å²) in [5.74, 6) is -1.23. The number of rotatable bonds is 9. The zero-order valence-electron chi connectivity index (χ0n) is 28.1. The second-order valence-corrected chi connectivity index (χ2v) is 13.9. The third-order valence-corrected chi connectivity index (χ3v) is 3.74. The summed E-state index contributed by atoms with van der Waals surface area (Å²) in [6, 6.07) is 0. The van der Waals surface area contributed by atoms with Crippen LogP contribution in [0.1, 0.15) is 53.4 Å². The van der Waals surface area contributed by atoms with Crippen LogP contribution in [0.3, 0.4) is 0 Å². The number of hydrogen-bond donors (Lipinski definition) is 0. The van der Waals surface area contributed by atoms with Gasteiger partial charge in [-0.15, -0.1) is 0 Å². The topological polar surface area (TPSA) is 126 Å². The number of aliphatic carboxylic acids is 1. The lowest BCUT2D eigenvalue weighted by molar-refractivity contribution is -0.870. The van der Waals surface area contributed by atoms with Crippen molar-refractivity contribution in [2.45, 2.75) is 53.4 Å². The minimum Gasteiger partial charge on any atom is -0.822 e. The molecule has 0 aliphatic rings. The van der Waals surface area contributed by atoms with Crippen molar-refractivity contribution in [3.8, 4) is 0 Å². The van der Waals surface area contributed by atoms with Crippen molar-refractivity contribution in [2.24, 2.45) is 0 Å². The number of carbonyl (C=O) groups excluding carboxylic acids is 1. The van der Waals surface area contributed by atoms with E-state index in [9.17, 15) is 0 Å². The standard InChI is InChI=1S/4C6H16N.C3H4O2.H3O4P/c4*1-5-6-7(2,3)4;1-2-3(4)5;1-5(2,3)4/h4*5-6H2,1-4H3;2H,1H2,(H,4,5);(H3,1,2,3,4)/q4*+1;;/p-4. The molecule has 0 aliphatic carbocycles. The zero-order valence-corrected chi connectivity index (χ0v) is 29.0. The molecule has 0 aromatic rings. The molecule has 0 fully saturated rings. The van der Waals surface area contributed by atoms with Crippen LogP contribution in [-0.2, 0) is 9.36 Å². The molecule has 0 aromatic heterocycles. The highest BCUT2D eigenvalue weighted by Crippen LogP contribution is 2.03. The van der Waals surface area contributed by atoms with E-state index < -0.39 is 13.8 Å². The predicted octanol–water partition coefficient (Wildman–Crippen LogP) is 0.508. The SMILES string of the molecule is C=CC(=O)[O-].CCC[N+](C)(C)C.CCC[N+](C)(C)C.CCC[N+](C)(C)C.CCC[N+](C)(C)C.O=P([O-])([O-])[O-]. The first-order valence-corrected chi connectivity index (χ1v) is 14.8. The number of phosphoric acid groups is 1. The zero-order chi connectivity index (χ0) is 32.4. The van der Waals surface area contributed by atoms with Gasteiger partial charge in [0.25, 0.3) is 0 Å². The first-order chi connectivity index (χ1) is 16.5. The van der Waals surface area contributed by atoms with Crippen molar-refractivity contribution in [3.05, 3.63) is 12.7 Å². The van der Waals surface area contributed by atoms with E-state index in [2.05, 4.69) is 119 Å². The smallest absolute Gasteiger partial charge is 0.0777 e. The van der Waals surface area contributed by atoms with Gasteiger partial charge in [0.1, 0.15) is 0 Å². The minimum atomic E-state index is -5.39. The maximum Gasteiger partial charge on any atom is 0.0777 e. The molecule has 10 nitrogen and oxygen atoms in total. The molecule has 38 heavy (non-hydrogen) atoms. The van der Waals surface area contributed by atoms with Gasteiger partial charge in [-0.1, -0.05) is 34.3 Å². The number of quaternary nitrogens is 4. The summed E-state index contributed by atoms with van der Waals surface area (Å²) >= 11 is 0. The van der Waals surface area contributed by atoms with Crippen LogP contribution in [0.2, 0.25) is 0 Å². The summed E-state index contributed by atoms with van der Waals surface area (Å²) in [4.78, 5) is 34.8. The Hall–Kier alpha value is -0.840. The average Bonchev–Trinajstić information content (AvgIpc) is 2.58. The van der Waals surface area contributed by atoms with Gasteiger partial charge in [0.15, 0.2) is 0 Å². The maximum absolute atomic E-state index is 9.14. The number of carbonyl (C=O) groups is 1. The molecule has 0 radical (unpaired) electrons. The van der Waals surface area contributed by atoms with E-state index in [0.717, 1.165) is 24.0 Å². The molecule has 0 aliphatic heterocycles. The fraction of sp³-hybridized carbons (Fsp3) is 0.889. The van der Waals surface area contributed by atoms with Crippen LogP contribution >= 0.6 is 7.82 Å². The van der Waals surface area contributed by atoms with Crippen LogP contribution < -0.4 is 19.8 Å². The fourth-order valence-electron chi connectivity index (χ4n) is 2.68. The van der Waals surface area contributed by atoms with E-state index in [0.29, 0.717) is 0 Å². The third kappa shape index (κ3) is 139. The average molecular weight is 575 g/mol. The van der Waals surface area contributed by atoms with Crippen molar-refractivity contribution in [2.75, 3.05) is 111 Å². The fourth-order valence-corrected chi connectivity index (χ4v) is 2.68.